The van der Waals surface area contributed by atoms with Gasteiger partial charge in [0.15, 0.2) is 0 Å². The van der Waals surface area contributed by atoms with Crippen LogP contribution >= 0.6 is 0 Å². The second kappa shape index (κ2) is 5.87. The molecule has 2 bridgehead atoms. The molecule has 2 aliphatic rings. The number of rotatable bonds is 5. The van der Waals surface area contributed by atoms with Crippen LogP contribution in [-0.2, 0) is 11.2 Å². The normalized spacial score (nSPS) is 30.1. The summed E-state index contributed by atoms with van der Waals surface area (Å²) in [5, 5.41) is 3.55. The maximum absolute atomic E-state index is 6.04. The van der Waals surface area contributed by atoms with E-state index in [4.69, 9.17) is 4.74 Å². The summed E-state index contributed by atoms with van der Waals surface area (Å²) in [7, 11) is 2.09. The largest absolute Gasteiger partial charge is 0.375 e. The van der Waals surface area contributed by atoms with Gasteiger partial charge in [-0.2, -0.15) is 0 Å². The summed E-state index contributed by atoms with van der Waals surface area (Å²) >= 11 is 0. The molecule has 110 valence electrons. The van der Waals surface area contributed by atoms with Gasteiger partial charge in [-0.15, -0.1) is 0 Å². The Morgan fingerprint density at radius 1 is 1.30 bits per heavy atom. The Bertz CT molecular complexity index is 456. The summed E-state index contributed by atoms with van der Waals surface area (Å²) in [4.78, 5) is 0. The number of fused-ring (bicyclic) bond motifs is 2. The van der Waals surface area contributed by atoms with Gasteiger partial charge in [-0.1, -0.05) is 38.1 Å². The molecule has 0 aromatic heterocycles. The van der Waals surface area contributed by atoms with Gasteiger partial charge in [-0.05, 0) is 49.8 Å². The molecule has 3 rings (SSSR count). The second-order valence-corrected chi connectivity index (χ2v) is 6.88. The molecule has 2 saturated heterocycles. The smallest absolute Gasteiger partial charge is 0.0627 e. The quantitative estimate of drug-likeness (QED) is 0.883. The van der Waals surface area contributed by atoms with Crippen LogP contribution in [-0.4, -0.2) is 19.3 Å². The fourth-order valence-corrected chi connectivity index (χ4v) is 4.04. The van der Waals surface area contributed by atoms with Gasteiger partial charge in [0, 0.05) is 12.0 Å². The summed E-state index contributed by atoms with van der Waals surface area (Å²) < 4.78 is 6.04. The van der Waals surface area contributed by atoms with Crippen molar-refractivity contribution in [1.29, 1.82) is 0 Å². The van der Waals surface area contributed by atoms with E-state index >= 15 is 0 Å². The Morgan fingerprint density at radius 2 is 2.15 bits per heavy atom. The zero-order chi connectivity index (χ0) is 14.1. The van der Waals surface area contributed by atoms with Crippen molar-refractivity contribution in [2.75, 3.05) is 7.05 Å². The third-order valence-corrected chi connectivity index (χ3v) is 4.85. The van der Waals surface area contributed by atoms with E-state index in [1.54, 1.807) is 0 Å². The molecule has 0 radical (unpaired) electrons. The average molecular weight is 273 g/mol. The van der Waals surface area contributed by atoms with Crippen LogP contribution in [0.5, 0.6) is 0 Å². The minimum Gasteiger partial charge on any atom is -0.375 e. The van der Waals surface area contributed by atoms with E-state index in [1.807, 2.05) is 0 Å². The average Bonchev–Trinajstić information content (AvgIpc) is 3.02. The van der Waals surface area contributed by atoms with Gasteiger partial charge in [-0.3, -0.25) is 0 Å². The first-order valence-corrected chi connectivity index (χ1v) is 8.09. The fraction of sp³-hybridized carbons (Fsp3) is 0.667. The Morgan fingerprint density at radius 3 is 2.75 bits per heavy atom. The van der Waals surface area contributed by atoms with Crippen LogP contribution in [0.1, 0.15) is 50.3 Å². The highest BCUT2D eigenvalue weighted by Gasteiger charge is 2.44. The molecule has 0 amide bonds. The van der Waals surface area contributed by atoms with E-state index in [9.17, 15) is 0 Å². The Balaban J connectivity index is 1.79. The van der Waals surface area contributed by atoms with Gasteiger partial charge in [-0.25, -0.2) is 0 Å². The lowest BCUT2D eigenvalue weighted by molar-refractivity contribution is 0.0863. The number of hydrogen-bond donors (Lipinski definition) is 1. The zero-order valence-electron chi connectivity index (χ0n) is 12.9. The van der Waals surface area contributed by atoms with Crippen molar-refractivity contribution in [2.45, 2.75) is 57.8 Å². The highest BCUT2D eigenvalue weighted by atomic mass is 16.5. The molecular weight excluding hydrogens is 246 g/mol. The highest BCUT2D eigenvalue weighted by molar-refractivity contribution is 5.27. The molecule has 2 fully saturated rings. The van der Waals surface area contributed by atoms with Gasteiger partial charge < -0.3 is 10.1 Å². The lowest BCUT2D eigenvalue weighted by Gasteiger charge is -2.29. The summed E-state index contributed by atoms with van der Waals surface area (Å²) in [5.41, 5.74) is 2.90. The van der Waals surface area contributed by atoms with Crippen molar-refractivity contribution in [3.63, 3.8) is 0 Å². The minimum absolute atomic E-state index is 0.442. The van der Waals surface area contributed by atoms with E-state index in [-0.39, 0.29) is 0 Å². The van der Waals surface area contributed by atoms with E-state index in [0.717, 1.165) is 6.42 Å². The Labute approximate surface area is 122 Å². The Hall–Kier alpha value is -0.860. The van der Waals surface area contributed by atoms with E-state index in [2.05, 4.69) is 50.5 Å². The molecule has 0 aliphatic carbocycles. The lowest BCUT2D eigenvalue weighted by Crippen LogP contribution is -2.31. The predicted octanol–water partition coefficient (Wildman–Crippen LogP) is 3.71. The van der Waals surface area contributed by atoms with Crippen LogP contribution in [0, 0.1) is 11.8 Å². The lowest BCUT2D eigenvalue weighted by atomic mass is 9.80. The van der Waals surface area contributed by atoms with Crippen LogP contribution in [0.2, 0.25) is 0 Å². The van der Waals surface area contributed by atoms with Crippen molar-refractivity contribution >= 4 is 0 Å². The van der Waals surface area contributed by atoms with Gasteiger partial charge in [0.25, 0.3) is 0 Å². The van der Waals surface area contributed by atoms with Crippen molar-refractivity contribution in [3.05, 3.63) is 35.4 Å². The second-order valence-electron chi connectivity index (χ2n) is 6.88. The fourth-order valence-electron chi connectivity index (χ4n) is 4.04. The van der Waals surface area contributed by atoms with Crippen LogP contribution in [0.3, 0.4) is 0 Å². The first-order valence-electron chi connectivity index (χ1n) is 8.09. The first kappa shape index (κ1) is 14.1. The van der Waals surface area contributed by atoms with Crippen molar-refractivity contribution in [3.8, 4) is 0 Å². The van der Waals surface area contributed by atoms with E-state index in [1.165, 1.54) is 30.4 Å². The highest BCUT2D eigenvalue weighted by Crippen LogP contribution is 2.44. The zero-order valence-corrected chi connectivity index (χ0v) is 12.9. The molecule has 2 nitrogen and oxygen atoms in total. The standard InChI is InChI=1S/C18H27NO/c1-12(2)9-13-5-4-6-14(10-13)18(19-3)16-11-15-7-8-17(16)20-15/h4-6,10,12,15-19H,7-9,11H2,1-3H3. The van der Waals surface area contributed by atoms with Crippen molar-refractivity contribution in [1.82, 2.24) is 5.32 Å². The van der Waals surface area contributed by atoms with Crippen LogP contribution in [0.4, 0.5) is 0 Å². The molecule has 1 aromatic carbocycles. The molecule has 4 atom stereocenters. The number of benzene rings is 1. The third-order valence-electron chi connectivity index (χ3n) is 4.85. The van der Waals surface area contributed by atoms with Crippen LogP contribution in [0.25, 0.3) is 0 Å². The summed E-state index contributed by atoms with van der Waals surface area (Å²) in [6.07, 6.45) is 5.91. The SMILES string of the molecule is CNC(c1cccc(CC(C)C)c1)C1CC2CCC1O2. The molecule has 1 N–H and O–H groups in total. The molecule has 0 spiro atoms. The monoisotopic (exact) mass is 273 g/mol. The summed E-state index contributed by atoms with van der Waals surface area (Å²) in [6, 6.07) is 9.58. The molecule has 1 aromatic rings. The van der Waals surface area contributed by atoms with Crippen molar-refractivity contribution < 1.29 is 4.74 Å². The Kier molecular flexibility index (Phi) is 4.13. The molecule has 2 heteroatoms. The predicted molar refractivity (Wildman–Crippen MR) is 82.8 cm³/mol. The summed E-state index contributed by atoms with van der Waals surface area (Å²) in [6.45, 7) is 4.57. The molecule has 2 heterocycles. The van der Waals surface area contributed by atoms with E-state index < -0.39 is 0 Å². The van der Waals surface area contributed by atoms with Gasteiger partial charge in [0.1, 0.15) is 0 Å². The van der Waals surface area contributed by atoms with E-state index in [0.29, 0.717) is 30.1 Å². The molecule has 2 aliphatic heterocycles. The maximum Gasteiger partial charge on any atom is 0.0627 e. The van der Waals surface area contributed by atoms with Crippen LogP contribution in [0.15, 0.2) is 24.3 Å². The maximum atomic E-state index is 6.04. The molecule has 20 heavy (non-hydrogen) atoms. The minimum atomic E-state index is 0.442. The van der Waals surface area contributed by atoms with Crippen LogP contribution < -0.4 is 5.32 Å². The number of nitrogens with one attached hydrogen (secondary N) is 1. The summed E-state index contributed by atoms with van der Waals surface area (Å²) in [5.74, 6) is 1.36. The van der Waals surface area contributed by atoms with Gasteiger partial charge >= 0.3 is 0 Å². The van der Waals surface area contributed by atoms with Gasteiger partial charge in [0.05, 0.1) is 12.2 Å². The molecule has 4 unspecified atom stereocenters. The molecule has 0 saturated carbocycles. The third kappa shape index (κ3) is 2.77. The van der Waals surface area contributed by atoms with Gasteiger partial charge in [0.2, 0.25) is 0 Å². The van der Waals surface area contributed by atoms with Crippen molar-refractivity contribution in [2.24, 2.45) is 11.8 Å². The number of hydrogen-bond acceptors (Lipinski definition) is 2. The first-order chi connectivity index (χ1) is 9.67. The topological polar surface area (TPSA) is 21.3 Å². The number of ether oxygens (including phenoxy) is 1. The molecular formula is C18H27NO.